The molecule has 1 amide bonds. The molecular weight excluding hydrogens is 358 g/mol. The molecule has 2 heterocycles. The maximum absolute atomic E-state index is 13.1. The number of para-hydroxylation sites is 1. The van der Waals surface area contributed by atoms with E-state index < -0.39 is 17.2 Å². The predicted octanol–water partition coefficient (Wildman–Crippen LogP) is 0.637. The van der Waals surface area contributed by atoms with Gasteiger partial charge in [-0.3, -0.25) is 24.6 Å². The Kier molecular flexibility index (Phi) is 4.19. The van der Waals surface area contributed by atoms with E-state index in [1.165, 1.54) is 23.1 Å². The Morgan fingerprint density at radius 2 is 1.82 bits per heavy atom. The third-order valence-corrected chi connectivity index (χ3v) is 4.69. The van der Waals surface area contributed by atoms with Crippen LogP contribution in [0.15, 0.2) is 53.3 Å². The molecule has 28 heavy (non-hydrogen) atoms. The first-order valence-corrected chi connectivity index (χ1v) is 8.78. The fraction of sp³-hybridized carbons (Fsp3) is 0.0952. The number of ketones is 1. The third kappa shape index (κ3) is 2.73. The summed E-state index contributed by atoms with van der Waals surface area (Å²) in [6, 6.07) is 13.2. The van der Waals surface area contributed by atoms with Gasteiger partial charge in [-0.25, -0.2) is 0 Å². The number of rotatable bonds is 2. The molecule has 0 spiro atoms. The zero-order valence-electron chi connectivity index (χ0n) is 15.0. The second-order valence-electron chi connectivity index (χ2n) is 6.38. The monoisotopic (exact) mass is 375 g/mol. The highest BCUT2D eigenvalue weighted by Gasteiger charge is 2.35. The van der Waals surface area contributed by atoms with E-state index >= 15 is 0 Å². The maximum Gasteiger partial charge on any atom is 0.271 e. The second kappa shape index (κ2) is 6.70. The van der Waals surface area contributed by atoms with Gasteiger partial charge >= 0.3 is 0 Å². The lowest BCUT2D eigenvalue weighted by molar-refractivity contribution is -0.113. The summed E-state index contributed by atoms with van der Waals surface area (Å²) in [6.45, 7) is 2.20. The molecule has 0 unspecified atom stereocenters. The number of phenols is 1. The number of aromatic nitrogens is 2. The molecule has 0 fully saturated rings. The van der Waals surface area contributed by atoms with Gasteiger partial charge in [-0.05, 0) is 42.8 Å². The summed E-state index contributed by atoms with van der Waals surface area (Å²) in [5.74, 6) is -0.857. The predicted molar refractivity (Wildman–Crippen MR) is 105 cm³/mol. The van der Waals surface area contributed by atoms with Crippen molar-refractivity contribution in [3.8, 4) is 5.75 Å². The van der Waals surface area contributed by atoms with Crippen molar-refractivity contribution in [1.82, 2.24) is 10.2 Å². The molecule has 0 saturated carbocycles. The molecule has 7 nitrogen and oxygen atoms in total. The minimum Gasteiger partial charge on any atom is -0.508 e. The molecule has 0 atom stereocenters. The van der Waals surface area contributed by atoms with Gasteiger partial charge in [0.2, 0.25) is 5.78 Å². The third-order valence-electron chi connectivity index (χ3n) is 4.69. The van der Waals surface area contributed by atoms with Gasteiger partial charge in [-0.15, -0.1) is 0 Å². The number of Topliss-reactive ketones (excluding diaryl/α,β-unsaturated/α-hetero) is 1. The molecule has 2 aromatic carbocycles. The van der Waals surface area contributed by atoms with Gasteiger partial charge in [0, 0.05) is 12.1 Å². The van der Waals surface area contributed by atoms with Gasteiger partial charge in [0.15, 0.2) is 0 Å². The highest BCUT2D eigenvalue weighted by molar-refractivity contribution is 6.51. The molecule has 0 radical (unpaired) electrons. The summed E-state index contributed by atoms with van der Waals surface area (Å²) in [6.07, 6.45) is 1.52. The van der Waals surface area contributed by atoms with Crippen LogP contribution in [0.2, 0.25) is 0 Å². The Morgan fingerprint density at radius 1 is 1.04 bits per heavy atom. The Bertz CT molecular complexity index is 1280. The van der Waals surface area contributed by atoms with Crippen LogP contribution in [-0.4, -0.2) is 33.5 Å². The lowest BCUT2D eigenvalue weighted by atomic mass is 9.94. The van der Waals surface area contributed by atoms with Crippen molar-refractivity contribution < 1.29 is 14.7 Å². The smallest absolute Gasteiger partial charge is 0.271 e. The minimum absolute atomic E-state index is 0.0471. The number of carbonyl (C=O) groups excluding carboxylic acids is 2. The number of nitrogens with zero attached hydrogens (tertiary/aromatic N) is 1. The molecule has 3 N–H and O–H groups in total. The van der Waals surface area contributed by atoms with Crippen molar-refractivity contribution in [2.24, 2.45) is 0 Å². The largest absolute Gasteiger partial charge is 0.508 e. The van der Waals surface area contributed by atoms with Gasteiger partial charge in [0.05, 0.1) is 16.3 Å². The molecule has 1 aliphatic rings. The van der Waals surface area contributed by atoms with E-state index in [2.05, 4.69) is 10.2 Å². The summed E-state index contributed by atoms with van der Waals surface area (Å²) >= 11 is 0. The summed E-state index contributed by atoms with van der Waals surface area (Å²) < 4.78 is 0. The maximum atomic E-state index is 13.1. The molecule has 0 aliphatic carbocycles. The average Bonchev–Trinajstić information content (AvgIpc) is 3.03. The van der Waals surface area contributed by atoms with Crippen LogP contribution >= 0.6 is 0 Å². The first-order chi connectivity index (χ1) is 13.5. The Morgan fingerprint density at radius 3 is 2.57 bits per heavy atom. The van der Waals surface area contributed by atoms with E-state index in [0.717, 1.165) is 0 Å². The quantitative estimate of drug-likeness (QED) is 0.611. The summed E-state index contributed by atoms with van der Waals surface area (Å²) in [5.41, 5.74) is 0.971. The molecule has 1 aromatic heterocycles. The van der Waals surface area contributed by atoms with Crippen LogP contribution in [0.3, 0.4) is 0 Å². The molecule has 1 aliphatic heterocycles. The summed E-state index contributed by atoms with van der Waals surface area (Å²) in [5, 5.41) is 15.1. The Labute approximate surface area is 159 Å². The highest BCUT2D eigenvalue weighted by atomic mass is 16.3. The van der Waals surface area contributed by atoms with E-state index in [1.54, 1.807) is 36.4 Å². The zero-order valence-corrected chi connectivity index (χ0v) is 15.0. The number of hydrogen-bond acceptors (Lipinski definition) is 4. The number of fused-ring (bicyclic) bond motifs is 1. The normalized spacial score (nSPS) is 16.5. The van der Waals surface area contributed by atoms with Crippen molar-refractivity contribution in [3.63, 3.8) is 0 Å². The standard InChI is InChI=1S/C21H17N3O4/c1-2-24-16-9-4-3-8-14(16)19(26)17(21(24)28)18-15(20(27)23-22-18)11-12-6-5-7-13(25)10-12/h3-11,22,25H,2H2,1H3,(H,23,27). The Balaban J connectivity index is 2.05. The average molecular weight is 375 g/mol. The molecule has 0 bridgehead atoms. The van der Waals surface area contributed by atoms with Crippen molar-refractivity contribution in [2.45, 2.75) is 6.92 Å². The molecule has 3 aromatic rings. The number of amides is 1. The highest BCUT2D eigenvalue weighted by Crippen LogP contribution is 2.29. The van der Waals surface area contributed by atoms with Crippen LogP contribution < -0.4 is 21.0 Å². The number of phenolic OH excluding ortho intramolecular Hbond substituents is 1. The number of H-pyrrole nitrogens is 2. The summed E-state index contributed by atoms with van der Waals surface area (Å²) in [7, 11) is 0. The van der Waals surface area contributed by atoms with Crippen LogP contribution in [0.4, 0.5) is 5.69 Å². The van der Waals surface area contributed by atoms with Crippen LogP contribution in [0, 0.1) is 0 Å². The molecule has 4 rings (SSSR count). The number of benzene rings is 2. The number of hydrogen-bond donors (Lipinski definition) is 3. The number of carbonyl (C=O) groups is 2. The Hall–Kier alpha value is -3.87. The van der Waals surface area contributed by atoms with E-state index in [1.807, 2.05) is 6.92 Å². The van der Waals surface area contributed by atoms with Gasteiger partial charge in [0.1, 0.15) is 11.3 Å². The van der Waals surface area contributed by atoms with Crippen LogP contribution in [-0.2, 0) is 4.79 Å². The van der Waals surface area contributed by atoms with Crippen molar-refractivity contribution in [2.75, 3.05) is 11.4 Å². The van der Waals surface area contributed by atoms with E-state index in [9.17, 15) is 19.5 Å². The number of aromatic hydroxyl groups is 1. The van der Waals surface area contributed by atoms with E-state index in [4.69, 9.17) is 0 Å². The molecule has 140 valence electrons. The molecule has 7 heteroatoms. The fourth-order valence-corrected chi connectivity index (χ4v) is 3.40. The SMILES string of the molecule is CCN1C(=O)C(=c2[nH][nH]c(=O)c2=Cc2cccc(O)c2)C(=O)c2ccccc21. The molecule has 0 saturated heterocycles. The van der Waals surface area contributed by atoms with Crippen molar-refractivity contribution in [3.05, 3.63) is 80.6 Å². The molecular formula is C21H17N3O4. The fourth-order valence-electron chi connectivity index (χ4n) is 3.40. The van der Waals surface area contributed by atoms with Crippen LogP contribution in [0.25, 0.3) is 11.6 Å². The second-order valence-corrected chi connectivity index (χ2v) is 6.38. The topological polar surface area (TPSA) is 106 Å². The lowest BCUT2D eigenvalue weighted by Crippen LogP contribution is -2.45. The zero-order chi connectivity index (χ0) is 19.8. The first-order valence-electron chi connectivity index (χ1n) is 8.78. The van der Waals surface area contributed by atoms with Crippen molar-refractivity contribution in [1.29, 1.82) is 0 Å². The van der Waals surface area contributed by atoms with E-state index in [0.29, 0.717) is 23.4 Å². The van der Waals surface area contributed by atoms with Gasteiger partial charge in [0.25, 0.3) is 11.5 Å². The summed E-state index contributed by atoms with van der Waals surface area (Å²) in [4.78, 5) is 40.0. The van der Waals surface area contributed by atoms with E-state index in [-0.39, 0.29) is 21.9 Å². The van der Waals surface area contributed by atoms with Crippen molar-refractivity contribution >= 4 is 29.0 Å². The van der Waals surface area contributed by atoms with Gasteiger partial charge < -0.3 is 10.0 Å². The van der Waals surface area contributed by atoms with Crippen LogP contribution in [0.1, 0.15) is 22.8 Å². The number of anilines is 1. The van der Waals surface area contributed by atoms with Crippen LogP contribution in [0.5, 0.6) is 5.75 Å². The number of aromatic amines is 2. The first kappa shape index (κ1) is 17.5. The van der Waals surface area contributed by atoms with Gasteiger partial charge in [-0.2, -0.15) is 0 Å². The number of nitrogens with one attached hydrogen (secondary N) is 2. The van der Waals surface area contributed by atoms with Gasteiger partial charge in [-0.1, -0.05) is 24.3 Å². The minimum atomic E-state index is -0.466. The lowest BCUT2D eigenvalue weighted by Gasteiger charge is -2.28.